The number of carbonyl (C=O) groups excluding carboxylic acids is 2. The van der Waals surface area contributed by atoms with Gasteiger partial charge >= 0.3 is 0 Å². The summed E-state index contributed by atoms with van der Waals surface area (Å²) in [4.78, 5) is 25.1. The van der Waals surface area contributed by atoms with Gasteiger partial charge in [0.25, 0.3) is 11.8 Å². The highest BCUT2D eigenvalue weighted by molar-refractivity contribution is 6.30. The first kappa shape index (κ1) is 23.2. The van der Waals surface area contributed by atoms with Gasteiger partial charge in [0, 0.05) is 16.1 Å². The van der Waals surface area contributed by atoms with Crippen LogP contribution >= 0.6 is 11.6 Å². The molecular weight excluding hydrogens is 406 g/mol. The fraction of sp³-hybridized carbons (Fsp3) is 0.318. The van der Waals surface area contributed by atoms with Crippen molar-refractivity contribution in [2.24, 2.45) is 11.0 Å². The van der Waals surface area contributed by atoms with E-state index in [-0.39, 0.29) is 11.8 Å². The highest BCUT2D eigenvalue weighted by Gasteiger charge is 2.22. The van der Waals surface area contributed by atoms with E-state index >= 15 is 0 Å². The van der Waals surface area contributed by atoms with Crippen LogP contribution in [0, 0.1) is 5.92 Å². The lowest BCUT2D eigenvalue weighted by molar-refractivity contribution is -0.123. The molecule has 1 atom stereocenters. The van der Waals surface area contributed by atoms with Crippen molar-refractivity contribution in [3.05, 3.63) is 58.6 Å². The molecule has 2 N–H and O–H groups in total. The third-order valence-electron chi connectivity index (χ3n) is 4.25. The van der Waals surface area contributed by atoms with Crippen molar-refractivity contribution in [3.63, 3.8) is 0 Å². The van der Waals surface area contributed by atoms with Crippen molar-refractivity contribution >= 4 is 29.6 Å². The van der Waals surface area contributed by atoms with Crippen molar-refractivity contribution in [2.45, 2.75) is 26.3 Å². The molecule has 0 saturated carbocycles. The lowest BCUT2D eigenvalue weighted by atomic mass is 10.0. The van der Waals surface area contributed by atoms with Crippen LogP contribution < -0.4 is 20.2 Å². The van der Waals surface area contributed by atoms with Crippen LogP contribution in [0.2, 0.25) is 5.02 Å². The van der Waals surface area contributed by atoms with Crippen molar-refractivity contribution < 1.29 is 19.1 Å². The van der Waals surface area contributed by atoms with Crippen LogP contribution in [0.25, 0.3) is 0 Å². The van der Waals surface area contributed by atoms with Crippen LogP contribution in [-0.4, -0.2) is 38.3 Å². The Hall–Kier alpha value is -3.06. The number of methoxy groups -OCH3 is 2. The fourth-order valence-corrected chi connectivity index (χ4v) is 2.86. The molecule has 0 aliphatic carbocycles. The molecule has 0 aromatic heterocycles. The lowest BCUT2D eigenvalue weighted by Crippen LogP contribution is -2.46. The summed E-state index contributed by atoms with van der Waals surface area (Å²) in [6.45, 7) is 3.94. The van der Waals surface area contributed by atoms with Gasteiger partial charge in [0.05, 0.1) is 20.4 Å². The van der Waals surface area contributed by atoms with E-state index in [2.05, 4.69) is 15.8 Å². The molecule has 0 bridgehead atoms. The minimum atomic E-state index is -0.738. The molecule has 0 radical (unpaired) electrons. The largest absolute Gasteiger partial charge is 0.497 e. The Morgan fingerprint density at radius 1 is 1.10 bits per heavy atom. The zero-order valence-electron chi connectivity index (χ0n) is 17.4. The smallest absolute Gasteiger partial charge is 0.262 e. The van der Waals surface area contributed by atoms with Gasteiger partial charge in [-0.05, 0) is 54.8 Å². The van der Waals surface area contributed by atoms with Crippen molar-refractivity contribution in [3.8, 4) is 11.5 Å². The van der Waals surface area contributed by atoms with E-state index in [0.29, 0.717) is 34.1 Å². The number of hydrogen-bond donors (Lipinski definition) is 2. The minimum Gasteiger partial charge on any atom is -0.497 e. The van der Waals surface area contributed by atoms with Gasteiger partial charge in [-0.15, -0.1) is 0 Å². The Bertz CT molecular complexity index is 898. The molecule has 8 heteroatoms. The minimum absolute atomic E-state index is 0.189. The van der Waals surface area contributed by atoms with Crippen molar-refractivity contribution in [2.75, 3.05) is 14.2 Å². The first-order valence-corrected chi connectivity index (χ1v) is 9.83. The van der Waals surface area contributed by atoms with Gasteiger partial charge in [0.2, 0.25) is 0 Å². The number of nitrogens with one attached hydrogen (secondary N) is 2. The van der Waals surface area contributed by atoms with Crippen molar-refractivity contribution in [1.82, 2.24) is 10.7 Å². The third-order valence-corrected chi connectivity index (χ3v) is 4.50. The number of rotatable bonds is 9. The molecule has 160 valence electrons. The SMILES string of the molecule is COc1ccc(OC)c(C=NNC(=O)C(CC(C)C)NC(=O)c2ccc(Cl)cc2)c1. The molecule has 0 aliphatic rings. The molecule has 2 aromatic rings. The molecule has 0 heterocycles. The number of halogens is 1. The quantitative estimate of drug-likeness (QED) is 0.468. The normalized spacial score (nSPS) is 11.9. The Labute approximate surface area is 181 Å². The number of nitrogens with zero attached hydrogens (tertiary/aromatic N) is 1. The molecule has 30 heavy (non-hydrogen) atoms. The van der Waals surface area contributed by atoms with Crippen LogP contribution in [0.15, 0.2) is 47.6 Å². The molecule has 2 rings (SSSR count). The van der Waals surface area contributed by atoms with Crippen molar-refractivity contribution in [1.29, 1.82) is 0 Å². The monoisotopic (exact) mass is 431 g/mol. The summed E-state index contributed by atoms with van der Waals surface area (Å²) in [5.74, 6) is 0.642. The maximum Gasteiger partial charge on any atom is 0.262 e. The molecule has 0 spiro atoms. The van der Waals surface area contributed by atoms with Gasteiger partial charge in [-0.2, -0.15) is 5.10 Å². The second kappa shape index (κ2) is 11.2. The van der Waals surface area contributed by atoms with Crippen LogP contribution in [-0.2, 0) is 4.79 Å². The first-order valence-electron chi connectivity index (χ1n) is 9.45. The summed E-state index contributed by atoms with van der Waals surface area (Å²) in [5.41, 5.74) is 3.55. The summed E-state index contributed by atoms with van der Waals surface area (Å²) in [6.07, 6.45) is 1.93. The predicted octanol–water partition coefficient (Wildman–Crippen LogP) is 3.65. The number of amides is 2. The molecule has 2 aromatic carbocycles. The maximum absolute atomic E-state index is 12.7. The highest BCUT2D eigenvalue weighted by atomic mass is 35.5. The van der Waals surface area contributed by atoms with Gasteiger partial charge in [-0.1, -0.05) is 25.4 Å². The summed E-state index contributed by atoms with van der Waals surface area (Å²) >= 11 is 5.86. The number of ether oxygens (including phenoxy) is 2. The first-order chi connectivity index (χ1) is 14.3. The maximum atomic E-state index is 12.7. The second-order valence-electron chi connectivity index (χ2n) is 7.00. The van der Waals surface area contributed by atoms with Gasteiger partial charge in [-0.3, -0.25) is 9.59 Å². The molecular formula is C22H26ClN3O4. The summed E-state index contributed by atoms with van der Waals surface area (Å²) in [7, 11) is 3.10. The van der Waals surface area contributed by atoms with Gasteiger partial charge in [0.1, 0.15) is 17.5 Å². The number of carbonyl (C=O) groups is 2. The predicted molar refractivity (Wildman–Crippen MR) is 117 cm³/mol. The molecule has 1 unspecified atom stereocenters. The summed E-state index contributed by atoms with van der Waals surface area (Å²) < 4.78 is 10.5. The average Bonchev–Trinajstić information content (AvgIpc) is 2.73. The van der Waals surface area contributed by atoms with Crippen LogP contribution in [0.3, 0.4) is 0 Å². The number of hydrazone groups is 1. The molecule has 0 saturated heterocycles. The van der Waals surface area contributed by atoms with Gasteiger partial charge < -0.3 is 14.8 Å². The van der Waals surface area contributed by atoms with E-state index in [0.717, 1.165) is 0 Å². The van der Waals surface area contributed by atoms with E-state index in [9.17, 15) is 9.59 Å². The molecule has 0 aliphatic heterocycles. The lowest BCUT2D eigenvalue weighted by Gasteiger charge is -2.19. The number of hydrogen-bond acceptors (Lipinski definition) is 5. The topological polar surface area (TPSA) is 89.0 Å². The summed E-state index contributed by atoms with van der Waals surface area (Å²) in [6, 6.07) is 11.0. The van der Waals surface area contributed by atoms with Crippen LogP contribution in [0.1, 0.15) is 36.2 Å². The standard InChI is InChI=1S/C22H26ClN3O4/c1-14(2)11-19(25-21(27)15-5-7-17(23)8-6-15)22(28)26-24-13-16-12-18(29-3)9-10-20(16)30-4/h5-10,12-14,19H,11H2,1-4H3,(H,25,27)(H,26,28). The van der Waals surface area contributed by atoms with Gasteiger partial charge in [0.15, 0.2) is 0 Å². The van der Waals surface area contributed by atoms with Crippen LogP contribution in [0.5, 0.6) is 11.5 Å². The molecule has 0 fully saturated rings. The Morgan fingerprint density at radius 2 is 1.80 bits per heavy atom. The van der Waals surface area contributed by atoms with E-state index in [1.807, 2.05) is 13.8 Å². The van der Waals surface area contributed by atoms with Crippen LogP contribution in [0.4, 0.5) is 0 Å². The van der Waals surface area contributed by atoms with E-state index < -0.39 is 11.9 Å². The zero-order valence-corrected chi connectivity index (χ0v) is 18.2. The van der Waals surface area contributed by atoms with Gasteiger partial charge in [-0.25, -0.2) is 5.43 Å². The number of benzene rings is 2. The second-order valence-corrected chi connectivity index (χ2v) is 7.44. The Kier molecular flexibility index (Phi) is 8.68. The fourth-order valence-electron chi connectivity index (χ4n) is 2.73. The van der Waals surface area contributed by atoms with E-state index in [1.54, 1.807) is 56.7 Å². The third kappa shape index (κ3) is 6.77. The molecule has 7 nitrogen and oxygen atoms in total. The Balaban J connectivity index is 2.09. The summed E-state index contributed by atoms with van der Waals surface area (Å²) in [5, 5.41) is 7.31. The molecule has 2 amide bonds. The zero-order chi connectivity index (χ0) is 22.1. The highest BCUT2D eigenvalue weighted by Crippen LogP contribution is 2.22. The Morgan fingerprint density at radius 3 is 2.40 bits per heavy atom. The van der Waals surface area contributed by atoms with E-state index in [4.69, 9.17) is 21.1 Å². The average molecular weight is 432 g/mol. The van der Waals surface area contributed by atoms with E-state index in [1.165, 1.54) is 6.21 Å².